The van der Waals surface area contributed by atoms with Crippen LogP contribution < -0.4 is 0 Å². The molecule has 0 aliphatic carbocycles. The van der Waals surface area contributed by atoms with Crippen LogP contribution in [0.1, 0.15) is 25.3 Å². The molecule has 1 aromatic carbocycles. The summed E-state index contributed by atoms with van der Waals surface area (Å²) < 4.78 is 5.13. The van der Waals surface area contributed by atoms with Gasteiger partial charge >= 0.3 is 5.97 Å². The number of benzene rings is 1. The maximum atomic E-state index is 11.7. The van der Waals surface area contributed by atoms with Crippen molar-refractivity contribution in [2.24, 2.45) is 5.41 Å². The lowest BCUT2D eigenvalue weighted by Gasteiger charge is -2.31. The highest BCUT2D eigenvalue weighted by atomic mass is 16.5. The van der Waals surface area contributed by atoms with E-state index in [1.165, 1.54) is 5.56 Å². The van der Waals surface area contributed by atoms with Gasteiger partial charge in [-0.1, -0.05) is 30.3 Å². The van der Waals surface area contributed by atoms with E-state index in [9.17, 15) is 4.79 Å². The molecule has 1 aliphatic rings. The number of carbonyl (C=O) groups excluding carboxylic acids is 1. The summed E-state index contributed by atoms with van der Waals surface area (Å²) in [6.07, 6.45) is 2.70. The molecule has 1 aliphatic heterocycles. The van der Waals surface area contributed by atoms with Crippen LogP contribution in [0.5, 0.6) is 0 Å². The number of hydrogen-bond acceptors (Lipinski definition) is 2. The van der Waals surface area contributed by atoms with Crippen molar-refractivity contribution in [1.82, 2.24) is 0 Å². The first-order chi connectivity index (χ1) is 7.21. The number of rotatable bonds is 2. The summed E-state index contributed by atoms with van der Waals surface area (Å²) in [5.41, 5.74) is 0.887. The molecule has 2 heteroatoms. The van der Waals surface area contributed by atoms with Gasteiger partial charge < -0.3 is 4.74 Å². The molecule has 0 radical (unpaired) electrons. The van der Waals surface area contributed by atoms with Gasteiger partial charge in [-0.05, 0) is 31.7 Å². The van der Waals surface area contributed by atoms with E-state index in [0.717, 1.165) is 19.3 Å². The Kier molecular flexibility index (Phi) is 2.76. The molecule has 0 saturated carbocycles. The van der Waals surface area contributed by atoms with Gasteiger partial charge in [-0.15, -0.1) is 0 Å². The summed E-state index contributed by atoms with van der Waals surface area (Å²) in [7, 11) is 0. The number of cyclic esters (lactones) is 1. The lowest BCUT2D eigenvalue weighted by atomic mass is 9.78. The van der Waals surface area contributed by atoms with Crippen molar-refractivity contribution >= 4 is 5.97 Å². The molecule has 1 fully saturated rings. The van der Waals surface area contributed by atoms with Gasteiger partial charge in [0.15, 0.2) is 0 Å². The molecular formula is C13H16O2. The molecule has 0 aromatic heterocycles. The van der Waals surface area contributed by atoms with Crippen LogP contribution >= 0.6 is 0 Å². The van der Waals surface area contributed by atoms with Crippen LogP contribution in [0.3, 0.4) is 0 Å². The van der Waals surface area contributed by atoms with Gasteiger partial charge in [0, 0.05) is 0 Å². The first-order valence-electron chi connectivity index (χ1n) is 5.42. The first-order valence-corrected chi connectivity index (χ1v) is 5.42. The van der Waals surface area contributed by atoms with E-state index in [0.29, 0.717) is 6.61 Å². The Hall–Kier alpha value is -1.31. The summed E-state index contributed by atoms with van der Waals surface area (Å²) in [5, 5.41) is 0. The molecule has 0 amide bonds. The van der Waals surface area contributed by atoms with Crippen molar-refractivity contribution in [2.75, 3.05) is 6.61 Å². The third-order valence-electron chi connectivity index (χ3n) is 3.04. The lowest BCUT2D eigenvalue weighted by Crippen LogP contribution is -2.36. The molecule has 1 unspecified atom stereocenters. The first kappa shape index (κ1) is 10.2. The fourth-order valence-corrected chi connectivity index (χ4v) is 2.11. The maximum Gasteiger partial charge on any atom is 0.312 e. The predicted octanol–water partition coefficient (Wildman–Crippen LogP) is 2.57. The van der Waals surface area contributed by atoms with Crippen LogP contribution in [-0.2, 0) is 16.0 Å². The average Bonchev–Trinajstić information content (AvgIpc) is 2.24. The quantitative estimate of drug-likeness (QED) is 0.692. The van der Waals surface area contributed by atoms with Gasteiger partial charge in [0.2, 0.25) is 0 Å². The van der Waals surface area contributed by atoms with Gasteiger partial charge in [-0.3, -0.25) is 4.79 Å². The van der Waals surface area contributed by atoms with Crippen molar-refractivity contribution < 1.29 is 9.53 Å². The van der Waals surface area contributed by atoms with Crippen LogP contribution in [0.2, 0.25) is 0 Å². The third-order valence-corrected chi connectivity index (χ3v) is 3.04. The minimum Gasteiger partial charge on any atom is -0.465 e. The van der Waals surface area contributed by atoms with Crippen molar-refractivity contribution in [1.29, 1.82) is 0 Å². The SMILES string of the molecule is CC1(Cc2ccccc2)CCCOC1=O. The molecule has 15 heavy (non-hydrogen) atoms. The average molecular weight is 204 g/mol. The van der Waals surface area contributed by atoms with Crippen LogP contribution in [0.25, 0.3) is 0 Å². The zero-order chi connectivity index (χ0) is 10.7. The molecule has 80 valence electrons. The van der Waals surface area contributed by atoms with Crippen molar-refractivity contribution in [3.05, 3.63) is 35.9 Å². The number of carbonyl (C=O) groups is 1. The molecule has 1 heterocycles. The Balaban J connectivity index is 2.13. The lowest BCUT2D eigenvalue weighted by molar-refractivity contribution is -0.160. The van der Waals surface area contributed by atoms with E-state index < -0.39 is 0 Å². The summed E-state index contributed by atoms with van der Waals surface area (Å²) in [6, 6.07) is 10.1. The highest BCUT2D eigenvalue weighted by Crippen LogP contribution is 2.32. The van der Waals surface area contributed by atoms with Gasteiger partial charge in [-0.2, -0.15) is 0 Å². The summed E-state index contributed by atoms with van der Waals surface area (Å²) in [4.78, 5) is 11.7. The van der Waals surface area contributed by atoms with Crippen LogP contribution in [0.15, 0.2) is 30.3 Å². The molecule has 0 bridgehead atoms. The second-order valence-corrected chi connectivity index (χ2v) is 4.46. The molecule has 2 nitrogen and oxygen atoms in total. The fourth-order valence-electron chi connectivity index (χ4n) is 2.11. The minimum absolute atomic E-state index is 0.0439. The largest absolute Gasteiger partial charge is 0.465 e. The Morgan fingerprint density at radius 2 is 2.07 bits per heavy atom. The standard InChI is InChI=1S/C13H16O2/c1-13(8-5-9-15-12(13)14)10-11-6-3-2-4-7-11/h2-4,6-7H,5,8-10H2,1H3. The topological polar surface area (TPSA) is 26.3 Å². The Morgan fingerprint density at radius 3 is 2.73 bits per heavy atom. The number of esters is 1. The fraction of sp³-hybridized carbons (Fsp3) is 0.462. The Labute approximate surface area is 90.3 Å². The highest BCUT2D eigenvalue weighted by Gasteiger charge is 2.37. The molecule has 1 aromatic rings. The van der Waals surface area contributed by atoms with Gasteiger partial charge in [0.25, 0.3) is 0 Å². The Bertz CT molecular complexity index is 345. The molecule has 1 saturated heterocycles. The van der Waals surface area contributed by atoms with Crippen LogP contribution in [-0.4, -0.2) is 12.6 Å². The molecular weight excluding hydrogens is 188 g/mol. The zero-order valence-corrected chi connectivity index (χ0v) is 9.03. The van der Waals surface area contributed by atoms with Crippen LogP contribution in [0, 0.1) is 5.41 Å². The van der Waals surface area contributed by atoms with E-state index in [-0.39, 0.29) is 11.4 Å². The van der Waals surface area contributed by atoms with Crippen molar-refractivity contribution in [3.63, 3.8) is 0 Å². The second kappa shape index (κ2) is 4.05. The van der Waals surface area contributed by atoms with E-state index in [1.54, 1.807) is 0 Å². The predicted molar refractivity (Wildman–Crippen MR) is 58.4 cm³/mol. The van der Waals surface area contributed by atoms with E-state index in [4.69, 9.17) is 4.74 Å². The summed E-state index contributed by atoms with van der Waals surface area (Å²) >= 11 is 0. The van der Waals surface area contributed by atoms with Gasteiger partial charge in [0.1, 0.15) is 0 Å². The Morgan fingerprint density at radius 1 is 1.33 bits per heavy atom. The summed E-state index contributed by atoms with van der Waals surface area (Å²) in [6.45, 7) is 2.59. The normalized spacial score (nSPS) is 26.1. The third kappa shape index (κ3) is 2.20. The molecule has 0 N–H and O–H groups in total. The van der Waals surface area contributed by atoms with E-state index >= 15 is 0 Å². The number of ether oxygens (including phenoxy) is 1. The zero-order valence-electron chi connectivity index (χ0n) is 9.03. The van der Waals surface area contributed by atoms with E-state index in [2.05, 4.69) is 12.1 Å². The van der Waals surface area contributed by atoms with Crippen LogP contribution in [0.4, 0.5) is 0 Å². The van der Waals surface area contributed by atoms with Crippen molar-refractivity contribution in [2.45, 2.75) is 26.2 Å². The van der Waals surface area contributed by atoms with E-state index in [1.807, 2.05) is 25.1 Å². The number of hydrogen-bond donors (Lipinski definition) is 0. The van der Waals surface area contributed by atoms with Crippen molar-refractivity contribution in [3.8, 4) is 0 Å². The maximum absolute atomic E-state index is 11.7. The highest BCUT2D eigenvalue weighted by molar-refractivity contribution is 5.77. The smallest absolute Gasteiger partial charge is 0.312 e. The van der Waals surface area contributed by atoms with Gasteiger partial charge in [-0.25, -0.2) is 0 Å². The second-order valence-electron chi connectivity index (χ2n) is 4.46. The minimum atomic E-state index is -0.320. The van der Waals surface area contributed by atoms with Gasteiger partial charge in [0.05, 0.1) is 12.0 Å². The summed E-state index contributed by atoms with van der Waals surface area (Å²) in [5.74, 6) is -0.0439. The molecule has 0 spiro atoms. The molecule has 1 atom stereocenters. The monoisotopic (exact) mass is 204 g/mol. The molecule has 2 rings (SSSR count).